The molecule has 0 bridgehead atoms. The quantitative estimate of drug-likeness (QED) is 0.817. The van der Waals surface area contributed by atoms with E-state index in [1.165, 1.54) is 0 Å². The molecule has 0 saturated carbocycles. The zero-order valence-corrected chi connectivity index (χ0v) is 15.9. The predicted molar refractivity (Wildman–Crippen MR) is 95.3 cm³/mol. The summed E-state index contributed by atoms with van der Waals surface area (Å²) in [6.45, 7) is 7.18. The average Bonchev–Trinajstić information content (AvgIpc) is 3.22. The van der Waals surface area contributed by atoms with Crippen molar-refractivity contribution in [3.05, 3.63) is 35.5 Å². The number of ether oxygens (including phenoxy) is 2. The van der Waals surface area contributed by atoms with Crippen molar-refractivity contribution in [2.45, 2.75) is 45.1 Å². The second-order valence-corrected chi connectivity index (χ2v) is 7.57. The van der Waals surface area contributed by atoms with Gasteiger partial charge in [0.2, 0.25) is 11.8 Å². The first-order chi connectivity index (χ1) is 12.3. The van der Waals surface area contributed by atoms with Gasteiger partial charge in [0.25, 0.3) is 0 Å². The fraction of sp³-hybridized carbons (Fsp3) is 0.526. The summed E-state index contributed by atoms with van der Waals surface area (Å²) in [5, 5.41) is 4.06. The number of rotatable bonds is 5. The number of nitrogens with zero attached hydrogens (tertiary/aromatic N) is 3. The summed E-state index contributed by atoms with van der Waals surface area (Å²) in [4.78, 5) is 18.7. The maximum Gasteiger partial charge on any atom is 0.232 e. The van der Waals surface area contributed by atoms with Gasteiger partial charge in [0.05, 0.1) is 20.1 Å². The highest BCUT2D eigenvalue weighted by molar-refractivity contribution is 5.79. The van der Waals surface area contributed by atoms with Crippen LogP contribution in [-0.4, -0.2) is 41.7 Å². The van der Waals surface area contributed by atoms with Crippen LogP contribution in [0.15, 0.2) is 22.7 Å². The minimum atomic E-state index is -0.177. The number of hydrogen-bond donors (Lipinski definition) is 0. The second kappa shape index (κ2) is 6.97. The topological polar surface area (TPSA) is 77.7 Å². The number of carbonyl (C=O) groups is 1. The van der Waals surface area contributed by atoms with Gasteiger partial charge in [-0.15, -0.1) is 0 Å². The van der Waals surface area contributed by atoms with Crippen LogP contribution in [0.25, 0.3) is 0 Å². The molecule has 0 spiro atoms. The molecule has 140 valence electrons. The molecular formula is C19H25N3O4. The molecule has 1 aromatic heterocycles. The summed E-state index contributed by atoms with van der Waals surface area (Å²) in [6, 6.07) is 5.68. The lowest BCUT2D eigenvalue weighted by molar-refractivity contribution is -0.128. The molecule has 1 unspecified atom stereocenters. The van der Waals surface area contributed by atoms with Crippen molar-refractivity contribution in [1.29, 1.82) is 0 Å². The summed E-state index contributed by atoms with van der Waals surface area (Å²) in [6.07, 6.45) is 0.388. The van der Waals surface area contributed by atoms with Crippen LogP contribution in [0.1, 0.15) is 50.4 Å². The van der Waals surface area contributed by atoms with Crippen molar-refractivity contribution in [3.8, 4) is 11.5 Å². The summed E-state index contributed by atoms with van der Waals surface area (Å²) >= 11 is 0. The van der Waals surface area contributed by atoms with Crippen molar-refractivity contribution in [3.63, 3.8) is 0 Å². The smallest absolute Gasteiger partial charge is 0.232 e. The van der Waals surface area contributed by atoms with E-state index in [0.29, 0.717) is 42.7 Å². The van der Waals surface area contributed by atoms with Crippen molar-refractivity contribution in [2.75, 3.05) is 20.8 Å². The summed E-state index contributed by atoms with van der Waals surface area (Å²) in [5.74, 6) is 2.55. The third-order valence-electron chi connectivity index (χ3n) is 4.50. The Morgan fingerprint density at radius 2 is 1.96 bits per heavy atom. The first-order valence-electron chi connectivity index (χ1n) is 8.64. The molecular weight excluding hydrogens is 334 g/mol. The number of methoxy groups -OCH3 is 2. The summed E-state index contributed by atoms with van der Waals surface area (Å²) in [5.41, 5.74) is 0.807. The third kappa shape index (κ3) is 3.66. The molecule has 1 atom stereocenters. The lowest BCUT2D eigenvalue weighted by Gasteiger charge is -2.17. The highest BCUT2D eigenvalue weighted by Gasteiger charge is 2.35. The van der Waals surface area contributed by atoms with Crippen LogP contribution in [0.3, 0.4) is 0 Å². The monoisotopic (exact) mass is 359 g/mol. The Morgan fingerprint density at radius 1 is 1.23 bits per heavy atom. The Bertz CT molecular complexity index is 794. The van der Waals surface area contributed by atoms with E-state index in [9.17, 15) is 4.79 Å². The molecule has 1 saturated heterocycles. The van der Waals surface area contributed by atoms with Gasteiger partial charge in [0.15, 0.2) is 17.3 Å². The zero-order valence-electron chi connectivity index (χ0n) is 15.9. The second-order valence-electron chi connectivity index (χ2n) is 7.57. The minimum absolute atomic E-state index is 0.0637. The standard InChI is InChI=1S/C19H25N3O4/c1-19(2,3)18-20-17(26-21-18)13-9-16(23)22(11-13)10-12-6-7-14(24-4)15(8-12)25-5/h6-8,13H,9-11H2,1-5H3. The largest absolute Gasteiger partial charge is 0.493 e. The summed E-state index contributed by atoms with van der Waals surface area (Å²) < 4.78 is 16.0. The van der Waals surface area contributed by atoms with Gasteiger partial charge in [-0.25, -0.2) is 0 Å². The molecule has 1 fully saturated rings. The first kappa shape index (κ1) is 18.2. The highest BCUT2D eigenvalue weighted by Crippen LogP contribution is 2.32. The van der Waals surface area contributed by atoms with Gasteiger partial charge in [0, 0.05) is 24.9 Å². The van der Waals surface area contributed by atoms with Crippen LogP contribution >= 0.6 is 0 Å². The Kier molecular flexibility index (Phi) is 4.89. The van der Waals surface area contributed by atoms with E-state index in [2.05, 4.69) is 10.1 Å². The number of benzene rings is 1. The van der Waals surface area contributed by atoms with E-state index in [-0.39, 0.29) is 17.2 Å². The first-order valence-corrected chi connectivity index (χ1v) is 8.64. The molecule has 26 heavy (non-hydrogen) atoms. The Balaban J connectivity index is 1.71. The van der Waals surface area contributed by atoms with Gasteiger partial charge in [-0.05, 0) is 17.7 Å². The van der Waals surface area contributed by atoms with E-state index in [1.807, 2.05) is 43.9 Å². The van der Waals surface area contributed by atoms with Gasteiger partial charge >= 0.3 is 0 Å². The van der Waals surface area contributed by atoms with Gasteiger partial charge in [-0.2, -0.15) is 4.98 Å². The van der Waals surface area contributed by atoms with Crippen molar-refractivity contribution in [1.82, 2.24) is 15.0 Å². The fourth-order valence-corrected chi connectivity index (χ4v) is 3.00. The summed E-state index contributed by atoms with van der Waals surface area (Å²) in [7, 11) is 3.20. The molecule has 3 rings (SSSR count). The van der Waals surface area contributed by atoms with E-state index in [0.717, 1.165) is 5.56 Å². The number of aromatic nitrogens is 2. The minimum Gasteiger partial charge on any atom is -0.493 e. The molecule has 1 aliphatic heterocycles. The van der Waals surface area contributed by atoms with Crippen LogP contribution in [0.4, 0.5) is 0 Å². The van der Waals surface area contributed by atoms with Crippen LogP contribution in [0.5, 0.6) is 11.5 Å². The van der Waals surface area contributed by atoms with Gasteiger partial charge < -0.3 is 18.9 Å². The van der Waals surface area contributed by atoms with Crippen LogP contribution < -0.4 is 9.47 Å². The molecule has 1 amide bonds. The maximum absolute atomic E-state index is 12.4. The molecule has 1 aliphatic rings. The molecule has 2 aromatic rings. The maximum atomic E-state index is 12.4. The Hall–Kier alpha value is -2.57. The van der Waals surface area contributed by atoms with Crippen molar-refractivity contribution < 1.29 is 18.8 Å². The third-order valence-corrected chi connectivity index (χ3v) is 4.50. The lowest BCUT2D eigenvalue weighted by Crippen LogP contribution is -2.24. The highest BCUT2D eigenvalue weighted by atomic mass is 16.5. The van der Waals surface area contributed by atoms with Crippen LogP contribution in [-0.2, 0) is 16.8 Å². The number of likely N-dealkylation sites (tertiary alicyclic amines) is 1. The Labute approximate surface area is 153 Å². The van der Waals surface area contributed by atoms with E-state index >= 15 is 0 Å². The van der Waals surface area contributed by atoms with Gasteiger partial charge in [-0.3, -0.25) is 4.79 Å². The average molecular weight is 359 g/mol. The molecule has 2 heterocycles. The van der Waals surface area contributed by atoms with Crippen LogP contribution in [0.2, 0.25) is 0 Å². The van der Waals surface area contributed by atoms with E-state index < -0.39 is 0 Å². The molecule has 7 nitrogen and oxygen atoms in total. The fourth-order valence-electron chi connectivity index (χ4n) is 3.00. The molecule has 7 heteroatoms. The zero-order chi connectivity index (χ0) is 18.9. The number of carbonyl (C=O) groups excluding carboxylic acids is 1. The van der Waals surface area contributed by atoms with Crippen molar-refractivity contribution >= 4 is 5.91 Å². The number of amides is 1. The van der Waals surface area contributed by atoms with E-state index in [4.69, 9.17) is 14.0 Å². The Morgan fingerprint density at radius 3 is 2.58 bits per heavy atom. The molecule has 1 aromatic carbocycles. The molecule has 0 radical (unpaired) electrons. The van der Waals surface area contributed by atoms with E-state index in [1.54, 1.807) is 14.2 Å². The predicted octanol–water partition coefficient (Wildman–Crippen LogP) is 2.90. The SMILES string of the molecule is COc1ccc(CN2CC(c3nc(C(C)(C)C)no3)CC2=O)cc1OC. The molecule has 0 aliphatic carbocycles. The van der Waals surface area contributed by atoms with Gasteiger partial charge in [0.1, 0.15) is 0 Å². The van der Waals surface area contributed by atoms with Gasteiger partial charge in [-0.1, -0.05) is 32.0 Å². The molecule has 0 N–H and O–H groups in total. The van der Waals surface area contributed by atoms with Crippen LogP contribution in [0, 0.1) is 0 Å². The lowest BCUT2D eigenvalue weighted by atomic mass is 9.96. The number of hydrogen-bond acceptors (Lipinski definition) is 6. The van der Waals surface area contributed by atoms with Crippen molar-refractivity contribution in [2.24, 2.45) is 0 Å². The normalized spacial score (nSPS) is 17.7.